The number of piperidine rings is 1. The fourth-order valence-corrected chi connectivity index (χ4v) is 4.21. The van der Waals surface area contributed by atoms with Gasteiger partial charge in [0.05, 0.1) is 24.0 Å². The van der Waals surface area contributed by atoms with E-state index in [0.29, 0.717) is 0 Å². The number of carboxylic acids is 1. The van der Waals surface area contributed by atoms with Crippen LogP contribution in [0.3, 0.4) is 0 Å². The third-order valence-corrected chi connectivity index (χ3v) is 5.23. The molecule has 0 unspecified atom stereocenters. The van der Waals surface area contributed by atoms with Crippen molar-refractivity contribution < 1.29 is 19.4 Å². The van der Waals surface area contributed by atoms with Gasteiger partial charge in [-0.25, -0.2) is 0 Å². The van der Waals surface area contributed by atoms with E-state index in [2.05, 4.69) is 6.92 Å². The zero-order valence-corrected chi connectivity index (χ0v) is 12.0. The van der Waals surface area contributed by atoms with Crippen LogP contribution in [-0.2, 0) is 14.3 Å². The second-order valence-electron chi connectivity index (χ2n) is 6.27. The van der Waals surface area contributed by atoms with Crippen LogP contribution < -0.4 is 0 Å². The van der Waals surface area contributed by atoms with Crippen molar-refractivity contribution in [2.75, 3.05) is 6.54 Å². The molecule has 0 saturated carbocycles. The zero-order chi connectivity index (χ0) is 14.3. The van der Waals surface area contributed by atoms with Gasteiger partial charge in [0.15, 0.2) is 0 Å². The standard InChI is InChI=1S/C15H23NO4/c1-2-9-5-3-4-8-16(9)14(17)12-10-6-7-11(20-10)13(12)15(18)19/h9-13H,2-8H2,1H3,(H,18,19)/t9-,10+,11+,12+,13+/m1/s1. The van der Waals surface area contributed by atoms with Gasteiger partial charge in [-0.05, 0) is 38.5 Å². The predicted molar refractivity (Wildman–Crippen MR) is 72.2 cm³/mol. The quantitative estimate of drug-likeness (QED) is 0.854. The Balaban J connectivity index is 1.80. The van der Waals surface area contributed by atoms with Crippen molar-refractivity contribution in [2.45, 2.75) is 63.7 Å². The van der Waals surface area contributed by atoms with Crippen molar-refractivity contribution >= 4 is 11.9 Å². The maximum absolute atomic E-state index is 12.9. The highest BCUT2D eigenvalue weighted by molar-refractivity contribution is 5.87. The highest BCUT2D eigenvalue weighted by atomic mass is 16.5. The lowest BCUT2D eigenvalue weighted by atomic mass is 9.78. The van der Waals surface area contributed by atoms with Crippen LogP contribution >= 0.6 is 0 Å². The number of hydrogen-bond acceptors (Lipinski definition) is 3. The molecule has 3 aliphatic rings. The number of fused-ring (bicyclic) bond motifs is 2. The summed E-state index contributed by atoms with van der Waals surface area (Å²) >= 11 is 0. The molecule has 0 aliphatic carbocycles. The van der Waals surface area contributed by atoms with E-state index >= 15 is 0 Å². The Hall–Kier alpha value is -1.10. The monoisotopic (exact) mass is 281 g/mol. The molecule has 1 amide bonds. The van der Waals surface area contributed by atoms with Gasteiger partial charge in [0.25, 0.3) is 0 Å². The molecule has 3 heterocycles. The van der Waals surface area contributed by atoms with Crippen LogP contribution in [0.5, 0.6) is 0 Å². The van der Waals surface area contributed by atoms with Gasteiger partial charge >= 0.3 is 5.97 Å². The average molecular weight is 281 g/mol. The fraction of sp³-hybridized carbons (Fsp3) is 0.867. The first kappa shape index (κ1) is 13.9. The number of carbonyl (C=O) groups is 2. The largest absolute Gasteiger partial charge is 0.481 e. The van der Waals surface area contributed by atoms with Crippen LogP contribution in [0.1, 0.15) is 45.4 Å². The van der Waals surface area contributed by atoms with Gasteiger partial charge in [0, 0.05) is 12.6 Å². The molecule has 0 aromatic carbocycles. The lowest BCUT2D eigenvalue weighted by molar-refractivity contribution is -0.152. The van der Waals surface area contributed by atoms with Gasteiger partial charge in [0.2, 0.25) is 5.91 Å². The summed E-state index contributed by atoms with van der Waals surface area (Å²) in [5, 5.41) is 9.43. The summed E-state index contributed by atoms with van der Waals surface area (Å²) in [6.45, 7) is 2.87. The van der Waals surface area contributed by atoms with Crippen molar-refractivity contribution in [1.29, 1.82) is 0 Å². The molecule has 0 aromatic rings. The molecule has 0 radical (unpaired) electrons. The molecule has 3 saturated heterocycles. The fourth-order valence-electron chi connectivity index (χ4n) is 4.21. The normalized spacial score (nSPS) is 40.0. The number of ether oxygens (including phenoxy) is 1. The number of likely N-dealkylation sites (tertiary alicyclic amines) is 1. The minimum atomic E-state index is -0.874. The van der Waals surface area contributed by atoms with Crippen LogP contribution in [0.15, 0.2) is 0 Å². The van der Waals surface area contributed by atoms with Crippen molar-refractivity contribution in [2.24, 2.45) is 11.8 Å². The summed E-state index contributed by atoms with van der Waals surface area (Å²) in [5.41, 5.74) is 0. The second kappa shape index (κ2) is 5.35. The Bertz CT molecular complexity index is 411. The Labute approximate surface area is 119 Å². The molecule has 1 N–H and O–H groups in total. The number of amides is 1. The second-order valence-corrected chi connectivity index (χ2v) is 6.27. The van der Waals surface area contributed by atoms with E-state index in [1.165, 1.54) is 0 Å². The maximum Gasteiger partial charge on any atom is 0.310 e. The molecule has 5 atom stereocenters. The minimum Gasteiger partial charge on any atom is -0.481 e. The van der Waals surface area contributed by atoms with Gasteiger partial charge in [-0.2, -0.15) is 0 Å². The van der Waals surface area contributed by atoms with E-state index in [9.17, 15) is 14.7 Å². The van der Waals surface area contributed by atoms with Crippen molar-refractivity contribution in [3.05, 3.63) is 0 Å². The first-order valence-electron chi connectivity index (χ1n) is 7.82. The molecule has 0 aromatic heterocycles. The molecule has 112 valence electrons. The van der Waals surface area contributed by atoms with E-state index in [1.54, 1.807) is 0 Å². The number of carbonyl (C=O) groups excluding carboxylic acids is 1. The summed E-state index contributed by atoms with van der Waals surface area (Å²) in [4.78, 5) is 26.3. The average Bonchev–Trinajstić information content (AvgIpc) is 3.06. The lowest BCUT2D eigenvalue weighted by Gasteiger charge is -2.38. The molecule has 5 heteroatoms. The number of rotatable bonds is 3. The van der Waals surface area contributed by atoms with Crippen molar-refractivity contribution in [3.8, 4) is 0 Å². The number of nitrogens with zero attached hydrogens (tertiary/aromatic N) is 1. The third kappa shape index (κ3) is 2.12. The molecule has 20 heavy (non-hydrogen) atoms. The zero-order valence-electron chi connectivity index (χ0n) is 12.0. The van der Waals surface area contributed by atoms with Gasteiger partial charge in [-0.15, -0.1) is 0 Å². The Morgan fingerprint density at radius 1 is 1.15 bits per heavy atom. The number of aliphatic carboxylic acids is 1. The first-order valence-corrected chi connectivity index (χ1v) is 7.82. The van der Waals surface area contributed by atoms with Gasteiger partial charge in [-0.1, -0.05) is 6.92 Å². The maximum atomic E-state index is 12.9. The summed E-state index contributed by atoms with van der Waals surface area (Å²) in [7, 11) is 0. The first-order chi connectivity index (χ1) is 9.63. The number of hydrogen-bond donors (Lipinski definition) is 1. The molecule has 3 aliphatic heterocycles. The molecule has 3 fully saturated rings. The van der Waals surface area contributed by atoms with E-state index in [1.807, 2.05) is 4.90 Å². The van der Waals surface area contributed by atoms with Crippen LogP contribution in [-0.4, -0.2) is 46.7 Å². The summed E-state index contributed by atoms with van der Waals surface area (Å²) < 4.78 is 5.71. The van der Waals surface area contributed by atoms with E-state index in [4.69, 9.17) is 4.74 Å². The lowest BCUT2D eigenvalue weighted by Crippen LogP contribution is -2.51. The minimum absolute atomic E-state index is 0.0242. The van der Waals surface area contributed by atoms with E-state index < -0.39 is 17.8 Å². The summed E-state index contributed by atoms with van der Waals surface area (Å²) in [6, 6.07) is 0.282. The number of carboxylic acid groups (broad SMARTS) is 1. The van der Waals surface area contributed by atoms with E-state index in [-0.39, 0.29) is 24.2 Å². The van der Waals surface area contributed by atoms with Crippen LogP contribution in [0.25, 0.3) is 0 Å². The summed E-state index contributed by atoms with van der Waals surface area (Å²) in [5.74, 6) is -1.95. The van der Waals surface area contributed by atoms with Crippen molar-refractivity contribution in [1.82, 2.24) is 4.90 Å². The van der Waals surface area contributed by atoms with Crippen LogP contribution in [0, 0.1) is 11.8 Å². The van der Waals surface area contributed by atoms with Crippen LogP contribution in [0.4, 0.5) is 0 Å². The highest BCUT2D eigenvalue weighted by Gasteiger charge is 2.56. The third-order valence-electron chi connectivity index (χ3n) is 5.23. The molecule has 2 bridgehead atoms. The van der Waals surface area contributed by atoms with E-state index in [0.717, 1.165) is 45.1 Å². The highest BCUT2D eigenvalue weighted by Crippen LogP contribution is 2.45. The molecular formula is C15H23NO4. The molecule has 5 nitrogen and oxygen atoms in total. The van der Waals surface area contributed by atoms with Gasteiger partial charge in [0.1, 0.15) is 0 Å². The Morgan fingerprint density at radius 3 is 2.50 bits per heavy atom. The summed E-state index contributed by atoms with van der Waals surface area (Å²) in [6.07, 6.45) is 5.37. The predicted octanol–water partition coefficient (Wildman–Crippen LogP) is 1.66. The SMILES string of the molecule is CC[C@@H]1CCCCN1C(=O)[C@@H]1[C@@H](C(=O)O)[C@@H]2CC[C@@H]1O2. The topological polar surface area (TPSA) is 66.8 Å². The molecule has 0 spiro atoms. The Morgan fingerprint density at radius 2 is 1.85 bits per heavy atom. The van der Waals surface area contributed by atoms with Crippen molar-refractivity contribution in [3.63, 3.8) is 0 Å². The smallest absolute Gasteiger partial charge is 0.310 e. The van der Waals surface area contributed by atoms with Gasteiger partial charge in [-0.3, -0.25) is 9.59 Å². The molecular weight excluding hydrogens is 258 g/mol. The Kier molecular flexibility index (Phi) is 3.71. The molecule has 3 rings (SSSR count). The van der Waals surface area contributed by atoms with Gasteiger partial charge < -0.3 is 14.7 Å². The van der Waals surface area contributed by atoms with Crippen LogP contribution in [0.2, 0.25) is 0 Å².